The lowest BCUT2D eigenvalue weighted by Gasteiger charge is -2.28. The fourth-order valence-electron chi connectivity index (χ4n) is 2.61. The Morgan fingerprint density at radius 3 is 2.80 bits per heavy atom. The molecule has 2 saturated heterocycles. The van der Waals surface area contributed by atoms with Crippen molar-refractivity contribution in [2.75, 3.05) is 11.5 Å². The number of hydrogen-bond acceptors (Lipinski definition) is 5. The first-order chi connectivity index (χ1) is 9.54. The first-order valence-corrected chi connectivity index (χ1v) is 8.29. The lowest BCUT2D eigenvalue weighted by molar-refractivity contribution is -0.149. The fraction of sp³-hybridized carbons (Fsp3) is 0.750. The number of nitrogens with one attached hydrogen (secondary N) is 1. The third-order valence-corrected chi connectivity index (χ3v) is 5.10. The molecule has 3 unspecified atom stereocenters. The molecular formula is C12H18N2O4S2. The van der Waals surface area contributed by atoms with E-state index in [1.54, 1.807) is 11.8 Å². The first kappa shape index (κ1) is 15.5. The molecule has 0 aromatic carbocycles. The van der Waals surface area contributed by atoms with E-state index >= 15 is 0 Å². The van der Waals surface area contributed by atoms with Crippen LogP contribution in [0.15, 0.2) is 0 Å². The van der Waals surface area contributed by atoms with E-state index in [0.717, 1.165) is 5.75 Å². The molecule has 112 valence electrons. The number of thioether (sulfide) groups is 1. The second kappa shape index (κ2) is 6.71. The van der Waals surface area contributed by atoms with Crippen LogP contribution in [0.25, 0.3) is 0 Å². The summed E-state index contributed by atoms with van der Waals surface area (Å²) in [6.07, 6.45) is 1.98. The molecule has 2 fully saturated rings. The van der Waals surface area contributed by atoms with Crippen LogP contribution < -0.4 is 5.32 Å². The monoisotopic (exact) mass is 318 g/mol. The maximum atomic E-state index is 12.5. The second-order valence-electron chi connectivity index (χ2n) is 4.88. The highest BCUT2D eigenvalue weighted by Crippen LogP contribution is 2.35. The fourth-order valence-corrected chi connectivity index (χ4v) is 4.17. The lowest BCUT2D eigenvalue weighted by atomic mass is 10.1. The highest BCUT2D eigenvalue weighted by atomic mass is 32.2. The summed E-state index contributed by atoms with van der Waals surface area (Å²) in [5.41, 5.74) is 0. The number of carbonyl (C=O) groups is 3. The number of rotatable bonds is 4. The van der Waals surface area contributed by atoms with Gasteiger partial charge in [0.25, 0.3) is 0 Å². The Bertz CT molecular complexity index is 418. The van der Waals surface area contributed by atoms with Gasteiger partial charge >= 0.3 is 5.97 Å². The number of thiol groups is 1. The zero-order valence-electron chi connectivity index (χ0n) is 10.9. The average Bonchev–Trinajstić information content (AvgIpc) is 2.75. The highest BCUT2D eigenvalue weighted by molar-refractivity contribution is 7.99. The summed E-state index contributed by atoms with van der Waals surface area (Å²) in [5.74, 6) is -0.287. The van der Waals surface area contributed by atoms with Crippen LogP contribution in [0.4, 0.5) is 0 Å². The Morgan fingerprint density at radius 2 is 2.15 bits per heavy atom. The van der Waals surface area contributed by atoms with Crippen molar-refractivity contribution in [1.29, 1.82) is 0 Å². The predicted molar refractivity (Wildman–Crippen MR) is 78.8 cm³/mol. The maximum Gasteiger partial charge on any atom is 0.326 e. The Kier molecular flexibility index (Phi) is 5.20. The largest absolute Gasteiger partial charge is 0.480 e. The molecule has 2 aliphatic heterocycles. The minimum absolute atomic E-state index is 0.0737. The van der Waals surface area contributed by atoms with Gasteiger partial charge in [0.2, 0.25) is 11.8 Å². The molecule has 0 aromatic rings. The summed E-state index contributed by atoms with van der Waals surface area (Å²) in [4.78, 5) is 36.8. The van der Waals surface area contributed by atoms with Crippen LogP contribution in [0.5, 0.6) is 0 Å². The summed E-state index contributed by atoms with van der Waals surface area (Å²) in [6.45, 7) is 0. The van der Waals surface area contributed by atoms with E-state index in [4.69, 9.17) is 0 Å². The standard InChI is InChI=1S/C12H18N2O4S2/c15-9(3-5-19)13-7-4-6-20-10-2-1-8(12(17)18)14(10)11(7)16/h7-8,10,19H,1-6H2,(H,13,15)(H,17,18). The number of hydrogen-bond donors (Lipinski definition) is 3. The molecule has 0 spiro atoms. The van der Waals surface area contributed by atoms with Crippen LogP contribution in [-0.4, -0.2) is 56.8 Å². The Labute approximate surface area is 127 Å². The van der Waals surface area contributed by atoms with E-state index in [1.807, 2.05) is 0 Å². The van der Waals surface area contributed by atoms with Crippen LogP contribution in [0.2, 0.25) is 0 Å². The van der Waals surface area contributed by atoms with Gasteiger partial charge in [0.1, 0.15) is 12.1 Å². The van der Waals surface area contributed by atoms with Crippen LogP contribution >= 0.6 is 24.4 Å². The molecule has 2 aliphatic rings. The number of nitrogens with zero attached hydrogens (tertiary/aromatic N) is 1. The van der Waals surface area contributed by atoms with Gasteiger partial charge < -0.3 is 15.3 Å². The van der Waals surface area contributed by atoms with Gasteiger partial charge in [0.05, 0.1) is 5.37 Å². The molecule has 0 saturated carbocycles. The third kappa shape index (κ3) is 3.22. The molecule has 0 aliphatic carbocycles. The summed E-state index contributed by atoms with van der Waals surface area (Å²) in [7, 11) is 0. The Morgan fingerprint density at radius 1 is 1.40 bits per heavy atom. The molecule has 3 atom stereocenters. The van der Waals surface area contributed by atoms with Gasteiger partial charge in [-0.25, -0.2) is 4.79 Å². The van der Waals surface area contributed by atoms with Crippen molar-refractivity contribution in [2.45, 2.75) is 43.1 Å². The van der Waals surface area contributed by atoms with Gasteiger partial charge in [-0.2, -0.15) is 12.6 Å². The van der Waals surface area contributed by atoms with Gasteiger partial charge in [-0.1, -0.05) is 0 Å². The zero-order valence-corrected chi connectivity index (χ0v) is 12.7. The molecule has 2 N–H and O–H groups in total. The Balaban J connectivity index is 2.10. The van der Waals surface area contributed by atoms with Crippen LogP contribution in [0, 0.1) is 0 Å². The normalized spacial score (nSPS) is 29.8. The number of carbonyl (C=O) groups excluding carboxylic acids is 2. The first-order valence-electron chi connectivity index (χ1n) is 6.61. The Hall–Kier alpha value is -0.890. The van der Waals surface area contributed by atoms with Gasteiger partial charge in [0.15, 0.2) is 0 Å². The second-order valence-corrected chi connectivity index (χ2v) is 6.62. The number of carboxylic acid groups (broad SMARTS) is 1. The molecule has 6 nitrogen and oxygen atoms in total. The predicted octanol–water partition coefficient (Wildman–Crippen LogP) is 0.330. The number of aliphatic carboxylic acids is 1. The van der Waals surface area contributed by atoms with Crippen molar-refractivity contribution in [3.05, 3.63) is 0 Å². The number of carboxylic acids is 1. The van der Waals surface area contributed by atoms with E-state index in [-0.39, 0.29) is 23.6 Å². The third-order valence-electron chi connectivity index (χ3n) is 3.56. The van der Waals surface area contributed by atoms with Gasteiger partial charge in [-0.3, -0.25) is 9.59 Å². The van der Waals surface area contributed by atoms with Crippen molar-refractivity contribution in [2.24, 2.45) is 0 Å². The van der Waals surface area contributed by atoms with E-state index < -0.39 is 18.1 Å². The van der Waals surface area contributed by atoms with Crippen molar-refractivity contribution in [3.8, 4) is 0 Å². The van der Waals surface area contributed by atoms with Crippen LogP contribution in [0.3, 0.4) is 0 Å². The SMILES string of the molecule is O=C(CCS)NC1CCSC2CCC(C(=O)O)N2C1=O. The molecule has 2 heterocycles. The molecule has 2 amide bonds. The maximum absolute atomic E-state index is 12.5. The minimum Gasteiger partial charge on any atom is -0.480 e. The molecular weight excluding hydrogens is 300 g/mol. The van der Waals surface area contributed by atoms with E-state index in [9.17, 15) is 19.5 Å². The smallest absolute Gasteiger partial charge is 0.326 e. The van der Waals surface area contributed by atoms with E-state index in [0.29, 0.717) is 25.0 Å². The minimum atomic E-state index is -0.969. The molecule has 20 heavy (non-hydrogen) atoms. The van der Waals surface area contributed by atoms with Gasteiger partial charge in [0, 0.05) is 6.42 Å². The van der Waals surface area contributed by atoms with Crippen molar-refractivity contribution >= 4 is 42.2 Å². The highest BCUT2D eigenvalue weighted by Gasteiger charge is 2.45. The summed E-state index contributed by atoms with van der Waals surface area (Å²) >= 11 is 5.58. The summed E-state index contributed by atoms with van der Waals surface area (Å²) in [5, 5.41) is 11.8. The molecule has 8 heteroatoms. The molecule has 0 aromatic heterocycles. The molecule has 0 bridgehead atoms. The number of fused-ring (bicyclic) bond motifs is 1. The molecule has 0 radical (unpaired) electrons. The zero-order chi connectivity index (χ0) is 14.7. The van der Waals surface area contributed by atoms with Gasteiger partial charge in [-0.15, -0.1) is 11.8 Å². The van der Waals surface area contributed by atoms with Crippen molar-refractivity contribution in [3.63, 3.8) is 0 Å². The quantitative estimate of drug-likeness (QED) is 0.650. The van der Waals surface area contributed by atoms with Crippen molar-refractivity contribution < 1.29 is 19.5 Å². The summed E-state index contributed by atoms with van der Waals surface area (Å²) < 4.78 is 0. The lowest BCUT2D eigenvalue weighted by Crippen LogP contribution is -2.52. The number of amides is 2. The average molecular weight is 318 g/mol. The van der Waals surface area contributed by atoms with Crippen molar-refractivity contribution in [1.82, 2.24) is 10.2 Å². The van der Waals surface area contributed by atoms with Crippen LogP contribution in [0.1, 0.15) is 25.7 Å². The summed E-state index contributed by atoms with van der Waals surface area (Å²) in [6, 6.07) is -1.37. The molecule has 2 rings (SSSR count). The van der Waals surface area contributed by atoms with E-state index in [1.165, 1.54) is 4.90 Å². The van der Waals surface area contributed by atoms with Gasteiger partial charge in [-0.05, 0) is 30.8 Å². The van der Waals surface area contributed by atoms with E-state index in [2.05, 4.69) is 17.9 Å². The topological polar surface area (TPSA) is 86.7 Å². The van der Waals surface area contributed by atoms with Crippen LogP contribution in [-0.2, 0) is 14.4 Å².